The second-order valence-corrected chi connectivity index (χ2v) is 6.34. The smallest absolute Gasteiger partial charge is 0.343 e. The van der Waals surface area contributed by atoms with Crippen LogP contribution in [0, 0.1) is 12.8 Å². The third-order valence-electron chi connectivity index (χ3n) is 3.93. The van der Waals surface area contributed by atoms with Gasteiger partial charge in [0.05, 0.1) is 12.3 Å². The number of carbonyl (C=O) groups is 1. The first-order chi connectivity index (χ1) is 11.6. The molecule has 1 saturated carbocycles. The van der Waals surface area contributed by atoms with E-state index in [9.17, 15) is 4.79 Å². The quantitative estimate of drug-likeness (QED) is 0.798. The lowest BCUT2D eigenvalue weighted by Gasteiger charge is -2.14. The number of rotatable bonds is 6. The standard InChI is InChI=1S/C18H20ClN3O2/c1-3-24-18(23)15-11(2)21-16(13-6-8-14(19)9-7-13)22-17(15)20-10-12-4-5-12/h6-9,12H,3-5,10H2,1-2H3,(H,20,21,22). The topological polar surface area (TPSA) is 64.1 Å². The van der Waals surface area contributed by atoms with Crippen molar-refractivity contribution in [3.63, 3.8) is 0 Å². The predicted octanol–water partition coefficient (Wildman–Crippen LogP) is 4.10. The molecule has 0 aliphatic heterocycles. The summed E-state index contributed by atoms with van der Waals surface area (Å²) in [6, 6.07) is 7.33. The summed E-state index contributed by atoms with van der Waals surface area (Å²) < 4.78 is 5.16. The van der Waals surface area contributed by atoms with E-state index in [4.69, 9.17) is 16.3 Å². The maximum Gasteiger partial charge on any atom is 0.343 e. The van der Waals surface area contributed by atoms with E-state index in [1.165, 1.54) is 12.8 Å². The van der Waals surface area contributed by atoms with Crippen molar-refractivity contribution in [2.45, 2.75) is 26.7 Å². The molecule has 1 aliphatic carbocycles. The molecule has 1 aromatic heterocycles. The van der Waals surface area contributed by atoms with Crippen LogP contribution in [-0.4, -0.2) is 29.1 Å². The van der Waals surface area contributed by atoms with Gasteiger partial charge in [-0.15, -0.1) is 0 Å². The molecule has 1 N–H and O–H groups in total. The number of nitrogens with zero attached hydrogens (tertiary/aromatic N) is 2. The van der Waals surface area contributed by atoms with Gasteiger partial charge in [-0.05, 0) is 56.9 Å². The summed E-state index contributed by atoms with van der Waals surface area (Å²) in [5, 5.41) is 3.96. The van der Waals surface area contributed by atoms with Gasteiger partial charge in [-0.1, -0.05) is 11.6 Å². The summed E-state index contributed by atoms with van der Waals surface area (Å²) in [5.74, 6) is 1.37. The van der Waals surface area contributed by atoms with Crippen LogP contribution in [0.25, 0.3) is 11.4 Å². The number of hydrogen-bond acceptors (Lipinski definition) is 5. The van der Waals surface area contributed by atoms with Gasteiger partial charge in [0.25, 0.3) is 0 Å². The molecule has 0 atom stereocenters. The van der Waals surface area contributed by atoms with Gasteiger partial charge in [-0.3, -0.25) is 0 Å². The molecule has 0 bridgehead atoms. The van der Waals surface area contributed by atoms with E-state index in [0.29, 0.717) is 40.4 Å². The van der Waals surface area contributed by atoms with Crippen molar-refractivity contribution in [3.8, 4) is 11.4 Å². The summed E-state index contributed by atoms with van der Waals surface area (Å²) in [4.78, 5) is 21.3. The monoisotopic (exact) mass is 345 g/mol. The van der Waals surface area contributed by atoms with Crippen molar-refractivity contribution in [3.05, 3.63) is 40.5 Å². The van der Waals surface area contributed by atoms with Crippen LogP contribution in [0.2, 0.25) is 5.02 Å². The number of ether oxygens (including phenoxy) is 1. The number of halogens is 1. The molecule has 0 unspecified atom stereocenters. The van der Waals surface area contributed by atoms with Crippen LogP contribution in [0.1, 0.15) is 35.8 Å². The number of nitrogens with one attached hydrogen (secondary N) is 1. The van der Waals surface area contributed by atoms with E-state index in [1.54, 1.807) is 26.0 Å². The Balaban J connectivity index is 1.98. The molecule has 1 aromatic carbocycles. The Morgan fingerprint density at radius 3 is 2.62 bits per heavy atom. The zero-order valence-electron chi connectivity index (χ0n) is 13.8. The van der Waals surface area contributed by atoms with Gasteiger partial charge in [0.1, 0.15) is 11.4 Å². The van der Waals surface area contributed by atoms with Crippen LogP contribution in [-0.2, 0) is 4.74 Å². The zero-order valence-corrected chi connectivity index (χ0v) is 14.6. The van der Waals surface area contributed by atoms with E-state index < -0.39 is 5.97 Å². The molecule has 3 rings (SSSR count). The highest BCUT2D eigenvalue weighted by Gasteiger charge is 2.24. The molecule has 5 nitrogen and oxygen atoms in total. The lowest BCUT2D eigenvalue weighted by molar-refractivity contribution is 0.0525. The second-order valence-electron chi connectivity index (χ2n) is 5.91. The fraction of sp³-hybridized carbons (Fsp3) is 0.389. The molecule has 6 heteroatoms. The van der Waals surface area contributed by atoms with Crippen molar-refractivity contribution in [2.24, 2.45) is 5.92 Å². The minimum absolute atomic E-state index is 0.319. The summed E-state index contributed by atoms with van der Waals surface area (Å²) in [6.07, 6.45) is 2.44. The minimum Gasteiger partial charge on any atom is -0.462 e. The van der Waals surface area contributed by atoms with Gasteiger partial charge in [0, 0.05) is 17.1 Å². The average molecular weight is 346 g/mol. The molecule has 1 fully saturated rings. The number of hydrogen-bond donors (Lipinski definition) is 1. The highest BCUT2D eigenvalue weighted by Crippen LogP contribution is 2.30. The first-order valence-corrected chi connectivity index (χ1v) is 8.52. The Labute approximate surface area is 146 Å². The molecular weight excluding hydrogens is 326 g/mol. The SMILES string of the molecule is CCOC(=O)c1c(C)nc(-c2ccc(Cl)cc2)nc1NCC1CC1. The van der Waals surface area contributed by atoms with Crippen molar-refractivity contribution in [1.29, 1.82) is 0 Å². The molecular formula is C18H20ClN3O2. The van der Waals surface area contributed by atoms with Crippen LogP contribution >= 0.6 is 11.6 Å². The Kier molecular flexibility index (Phi) is 5.00. The second kappa shape index (κ2) is 7.18. The van der Waals surface area contributed by atoms with Crippen LogP contribution in [0.4, 0.5) is 5.82 Å². The van der Waals surface area contributed by atoms with Crippen molar-refractivity contribution >= 4 is 23.4 Å². The van der Waals surface area contributed by atoms with E-state index in [-0.39, 0.29) is 0 Å². The third kappa shape index (κ3) is 3.85. The maximum absolute atomic E-state index is 12.3. The molecule has 1 heterocycles. The third-order valence-corrected chi connectivity index (χ3v) is 4.18. The summed E-state index contributed by atoms with van der Waals surface area (Å²) in [7, 11) is 0. The number of aryl methyl sites for hydroxylation is 1. The van der Waals surface area contributed by atoms with Crippen LogP contribution in [0.5, 0.6) is 0 Å². The van der Waals surface area contributed by atoms with Crippen LogP contribution in [0.3, 0.4) is 0 Å². The molecule has 24 heavy (non-hydrogen) atoms. The number of carbonyl (C=O) groups excluding carboxylic acids is 1. The largest absolute Gasteiger partial charge is 0.462 e. The van der Waals surface area contributed by atoms with Crippen molar-refractivity contribution < 1.29 is 9.53 Å². The van der Waals surface area contributed by atoms with Crippen LogP contribution in [0.15, 0.2) is 24.3 Å². The molecule has 1 aliphatic rings. The Morgan fingerprint density at radius 2 is 2.00 bits per heavy atom. The maximum atomic E-state index is 12.3. The highest BCUT2D eigenvalue weighted by molar-refractivity contribution is 6.30. The number of anilines is 1. The first-order valence-electron chi connectivity index (χ1n) is 8.14. The van der Waals surface area contributed by atoms with E-state index in [1.807, 2.05) is 12.1 Å². The number of esters is 1. The first kappa shape index (κ1) is 16.7. The van der Waals surface area contributed by atoms with Gasteiger partial charge in [-0.25, -0.2) is 14.8 Å². The highest BCUT2D eigenvalue weighted by atomic mass is 35.5. The van der Waals surface area contributed by atoms with Crippen LogP contribution < -0.4 is 5.32 Å². The van der Waals surface area contributed by atoms with Gasteiger partial charge in [-0.2, -0.15) is 0 Å². The van der Waals surface area contributed by atoms with E-state index in [2.05, 4.69) is 15.3 Å². The fourth-order valence-electron chi connectivity index (χ4n) is 2.44. The molecule has 2 aromatic rings. The Morgan fingerprint density at radius 1 is 1.29 bits per heavy atom. The summed E-state index contributed by atoms with van der Waals surface area (Å²) in [6.45, 7) is 4.71. The molecule has 0 saturated heterocycles. The number of aromatic nitrogens is 2. The lowest BCUT2D eigenvalue weighted by Crippen LogP contribution is -2.16. The van der Waals surface area contributed by atoms with Gasteiger partial charge >= 0.3 is 5.97 Å². The average Bonchev–Trinajstić information content (AvgIpc) is 3.37. The molecule has 0 amide bonds. The minimum atomic E-state index is -0.393. The van der Waals surface area contributed by atoms with Gasteiger partial charge in [0.15, 0.2) is 5.82 Å². The molecule has 0 radical (unpaired) electrons. The summed E-state index contributed by atoms with van der Waals surface area (Å²) in [5.41, 5.74) is 1.87. The van der Waals surface area contributed by atoms with Gasteiger partial charge < -0.3 is 10.1 Å². The fourth-order valence-corrected chi connectivity index (χ4v) is 2.57. The molecule has 0 spiro atoms. The zero-order chi connectivity index (χ0) is 17.1. The predicted molar refractivity (Wildman–Crippen MR) is 94.4 cm³/mol. The van der Waals surface area contributed by atoms with Crippen molar-refractivity contribution in [2.75, 3.05) is 18.5 Å². The lowest BCUT2D eigenvalue weighted by atomic mass is 10.1. The summed E-state index contributed by atoms with van der Waals surface area (Å²) >= 11 is 5.94. The number of benzene rings is 1. The van der Waals surface area contributed by atoms with Crippen molar-refractivity contribution in [1.82, 2.24) is 9.97 Å². The van der Waals surface area contributed by atoms with E-state index in [0.717, 1.165) is 12.1 Å². The normalized spacial score (nSPS) is 13.6. The van der Waals surface area contributed by atoms with E-state index >= 15 is 0 Å². The Hall–Kier alpha value is -2.14. The molecule has 126 valence electrons. The van der Waals surface area contributed by atoms with Gasteiger partial charge in [0.2, 0.25) is 0 Å². The Bertz CT molecular complexity index is 743.